The Kier molecular flexibility index (Phi) is 4.71. The predicted octanol–water partition coefficient (Wildman–Crippen LogP) is 2.08. The largest absolute Gasteiger partial charge is 0.391 e. The lowest BCUT2D eigenvalue weighted by Crippen LogP contribution is -2.24. The van der Waals surface area contributed by atoms with Gasteiger partial charge in [0.05, 0.1) is 6.42 Å². The van der Waals surface area contributed by atoms with E-state index in [1.807, 2.05) is 6.92 Å². The number of nitrogens with one attached hydrogen (secondary N) is 2. The molecule has 102 valence electrons. The third kappa shape index (κ3) is 4.74. The van der Waals surface area contributed by atoms with Crippen molar-refractivity contribution in [1.29, 1.82) is 0 Å². The summed E-state index contributed by atoms with van der Waals surface area (Å²) in [6.07, 6.45) is -4.57. The first-order chi connectivity index (χ1) is 8.34. The standard InChI is InChI=1S/C10H16F3N5/c1-3-7-16-8(4-9(17-7)18-14)15-6(2)5-10(11,12)13/h4,6H,3,5,14H2,1-2H3,(H2,15,16,17,18). The molecule has 0 bridgehead atoms. The molecule has 1 atom stereocenters. The number of nitrogens with zero attached hydrogens (tertiary/aromatic N) is 2. The average molecular weight is 263 g/mol. The van der Waals surface area contributed by atoms with E-state index < -0.39 is 18.6 Å². The quantitative estimate of drug-likeness (QED) is 0.560. The van der Waals surface area contributed by atoms with Crippen molar-refractivity contribution in [2.45, 2.75) is 38.9 Å². The Balaban J connectivity index is 2.77. The molecule has 1 aromatic rings. The summed E-state index contributed by atoms with van der Waals surface area (Å²) in [5.74, 6) is 6.42. The Hall–Kier alpha value is -1.57. The Morgan fingerprint density at radius 2 is 1.94 bits per heavy atom. The zero-order chi connectivity index (χ0) is 13.8. The number of alkyl halides is 3. The smallest absolute Gasteiger partial charge is 0.367 e. The highest BCUT2D eigenvalue weighted by atomic mass is 19.4. The van der Waals surface area contributed by atoms with E-state index >= 15 is 0 Å². The average Bonchev–Trinajstić information content (AvgIpc) is 2.25. The molecule has 0 aromatic carbocycles. The van der Waals surface area contributed by atoms with Crippen molar-refractivity contribution in [3.05, 3.63) is 11.9 Å². The Labute approximate surface area is 103 Å². The van der Waals surface area contributed by atoms with Gasteiger partial charge in [0.15, 0.2) is 0 Å². The normalized spacial score (nSPS) is 13.2. The molecule has 5 nitrogen and oxygen atoms in total. The van der Waals surface area contributed by atoms with Crippen LogP contribution in [0, 0.1) is 0 Å². The second kappa shape index (κ2) is 5.85. The molecular formula is C10H16F3N5. The van der Waals surface area contributed by atoms with E-state index in [1.54, 1.807) is 0 Å². The molecule has 4 N–H and O–H groups in total. The highest BCUT2D eigenvalue weighted by Gasteiger charge is 2.30. The minimum absolute atomic E-state index is 0.326. The minimum Gasteiger partial charge on any atom is -0.367 e. The van der Waals surface area contributed by atoms with Crippen molar-refractivity contribution in [1.82, 2.24) is 9.97 Å². The van der Waals surface area contributed by atoms with E-state index in [2.05, 4.69) is 20.7 Å². The third-order valence-corrected chi connectivity index (χ3v) is 2.17. The van der Waals surface area contributed by atoms with Gasteiger partial charge in [0.25, 0.3) is 0 Å². The van der Waals surface area contributed by atoms with Crippen LogP contribution in [0.25, 0.3) is 0 Å². The summed E-state index contributed by atoms with van der Waals surface area (Å²) in [5, 5.41) is 2.68. The number of nitrogens with two attached hydrogens (primary N) is 1. The minimum atomic E-state index is -4.21. The van der Waals surface area contributed by atoms with Crippen LogP contribution >= 0.6 is 0 Å². The van der Waals surface area contributed by atoms with Gasteiger partial charge in [0.2, 0.25) is 0 Å². The van der Waals surface area contributed by atoms with E-state index in [0.717, 1.165) is 0 Å². The van der Waals surface area contributed by atoms with E-state index in [0.29, 0.717) is 23.9 Å². The molecule has 1 heterocycles. The van der Waals surface area contributed by atoms with Crippen LogP contribution in [0.3, 0.4) is 0 Å². The Morgan fingerprint density at radius 3 is 2.44 bits per heavy atom. The van der Waals surface area contributed by atoms with Gasteiger partial charge in [-0.3, -0.25) is 0 Å². The number of rotatable bonds is 5. The van der Waals surface area contributed by atoms with E-state index in [4.69, 9.17) is 5.84 Å². The van der Waals surface area contributed by atoms with E-state index in [9.17, 15) is 13.2 Å². The second-order valence-electron chi connectivity index (χ2n) is 3.92. The number of nitrogen functional groups attached to an aromatic ring is 1. The molecule has 0 radical (unpaired) electrons. The lowest BCUT2D eigenvalue weighted by Gasteiger charge is -2.17. The van der Waals surface area contributed by atoms with Crippen molar-refractivity contribution in [3.63, 3.8) is 0 Å². The van der Waals surface area contributed by atoms with Gasteiger partial charge in [-0.25, -0.2) is 15.8 Å². The van der Waals surface area contributed by atoms with Gasteiger partial charge in [0.1, 0.15) is 17.5 Å². The molecule has 0 amide bonds. The Morgan fingerprint density at radius 1 is 1.33 bits per heavy atom. The summed E-state index contributed by atoms with van der Waals surface area (Å²) in [4.78, 5) is 8.13. The topological polar surface area (TPSA) is 75.9 Å². The Bertz CT molecular complexity index is 371. The maximum Gasteiger partial charge on any atom is 0.391 e. The molecule has 1 aromatic heterocycles. The molecule has 1 rings (SSSR count). The highest BCUT2D eigenvalue weighted by Crippen LogP contribution is 2.23. The van der Waals surface area contributed by atoms with Gasteiger partial charge >= 0.3 is 6.18 Å². The maximum absolute atomic E-state index is 12.2. The second-order valence-corrected chi connectivity index (χ2v) is 3.92. The highest BCUT2D eigenvalue weighted by molar-refractivity contribution is 5.47. The summed E-state index contributed by atoms with van der Waals surface area (Å²) >= 11 is 0. The fourth-order valence-electron chi connectivity index (χ4n) is 1.45. The molecule has 1 unspecified atom stereocenters. The predicted molar refractivity (Wildman–Crippen MR) is 63.0 cm³/mol. The number of hydrogen-bond acceptors (Lipinski definition) is 5. The van der Waals surface area contributed by atoms with Gasteiger partial charge in [-0.2, -0.15) is 13.2 Å². The van der Waals surface area contributed by atoms with Crippen LogP contribution in [0.1, 0.15) is 26.1 Å². The first-order valence-corrected chi connectivity index (χ1v) is 5.52. The lowest BCUT2D eigenvalue weighted by atomic mass is 10.2. The van der Waals surface area contributed by atoms with Crippen LogP contribution in [0.2, 0.25) is 0 Å². The summed E-state index contributed by atoms with van der Waals surface area (Å²) in [7, 11) is 0. The van der Waals surface area contributed by atoms with E-state index in [1.165, 1.54) is 13.0 Å². The van der Waals surface area contributed by atoms with Crippen molar-refractivity contribution in [2.75, 3.05) is 10.7 Å². The number of aryl methyl sites for hydroxylation is 1. The molecule has 0 fully saturated rings. The van der Waals surface area contributed by atoms with E-state index in [-0.39, 0.29) is 0 Å². The van der Waals surface area contributed by atoms with Gasteiger partial charge in [-0.15, -0.1) is 0 Å². The molecule has 0 saturated heterocycles. The van der Waals surface area contributed by atoms with Crippen LogP contribution in [0.4, 0.5) is 24.8 Å². The summed E-state index contributed by atoms with van der Waals surface area (Å²) in [6.45, 7) is 3.29. The summed E-state index contributed by atoms with van der Waals surface area (Å²) in [6, 6.07) is 0.696. The van der Waals surface area contributed by atoms with Crippen molar-refractivity contribution in [3.8, 4) is 0 Å². The van der Waals surface area contributed by atoms with Gasteiger partial charge in [0, 0.05) is 18.5 Å². The van der Waals surface area contributed by atoms with Crippen molar-refractivity contribution >= 4 is 11.6 Å². The monoisotopic (exact) mass is 263 g/mol. The van der Waals surface area contributed by atoms with Gasteiger partial charge in [-0.1, -0.05) is 6.92 Å². The molecule has 8 heteroatoms. The third-order valence-electron chi connectivity index (χ3n) is 2.17. The first kappa shape index (κ1) is 14.5. The fourth-order valence-corrected chi connectivity index (χ4v) is 1.45. The number of anilines is 2. The van der Waals surface area contributed by atoms with Crippen LogP contribution < -0.4 is 16.6 Å². The van der Waals surface area contributed by atoms with Gasteiger partial charge < -0.3 is 10.7 Å². The lowest BCUT2D eigenvalue weighted by molar-refractivity contribution is -0.136. The molecular weight excluding hydrogens is 247 g/mol. The first-order valence-electron chi connectivity index (χ1n) is 5.52. The number of hydrogen-bond donors (Lipinski definition) is 3. The van der Waals surface area contributed by atoms with Crippen LogP contribution in [0.15, 0.2) is 6.07 Å². The van der Waals surface area contributed by atoms with Crippen molar-refractivity contribution < 1.29 is 13.2 Å². The fraction of sp³-hybridized carbons (Fsp3) is 0.600. The summed E-state index contributed by atoms with van der Waals surface area (Å²) < 4.78 is 36.6. The molecule has 0 aliphatic heterocycles. The van der Waals surface area contributed by atoms with Crippen molar-refractivity contribution in [2.24, 2.45) is 5.84 Å². The number of halogens is 3. The number of hydrazine groups is 1. The zero-order valence-corrected chi connectivity index (χ0v) is 10.2. The zero-order valence-electron chi connectivity index (χ0n) is 10.2. The molecule has 18 heavy (non-hydrogen) atoms. The molecule has 0 saturated carbocycles. The van der Waals surface area contributed by atoms with Gasteiger partial charge in [-0.05, 0) is 6.92 Å². The SMILES string of the molecule is CCc1nc(NN)cc(NC(C)CC(F)(F)F)n1. The van der Waals surface area contributed by atoms with Crippen LogP contribution in [-0.4, -0.2) is 22.2 Å². The molecule has 0 aliphatic rings. The summed E-state index contributed by atoms with van der Waals surface area (Å²) in [5.41, 5.74) is 2.35. The maximum atomic E-state index is 12.2. The molecule has 0 aliphatic carbocycles. The molecule has 0 spiro atoms. The van der Waals surface area contributed by atoms with Crippen LogP contribution in [0.5, 0.6) is 0 Å². The van der Waals surface area contributed by atoms with Crippen LogP contribution in [-0.2, 0) is 6.42 Å². The number of aromatic nitrogens is 2.